The summed E-state index contributed by atoms with van der Waals surface area (Å²) in [6.07, 6.45) is 7.46. The van der Waals surface area contributed by atoms with Crippen molar-refractivity contribution in [1.29, 1.82) is 0 Å². The third kappa shape index (κ3) is 2.24. The van der Waals surface area contributed by atoms with E-state index in [9.17, 15) is 0 Å². The van der Waals surface area contributed by atoms with Crippen LogP contribution in [-0.2, 0) is 6.42 Å². The van der Waals surface area contributed by atoms with Crippen LogP contribution in [0.2, 0.25) is 0 Å². The van der Waals surface area contributed by atoms with E-state index in [0.717, 1.165) is 15.4 Å². The van der Waals surface area contributed by atoms with Gasteiger partial charge in [-0.05, 0) is 52.6 Å². The molecule has 0 saturated heterocycles. The Kier molecular flexibility index (Phi) is 2.93. The van der Waals surface area contributed by atoms with Crippen LogP contribution in [0.1, 0.15) is 11.1 Å². The average Bonchev–Trinajstić information content (AvgIpc) is 2.49. The molecule has 0 nitrogen and oxygen atoms in total. The van der Waals surface area contributed by atoms with Gasteiger partial charge in [0.1, 0.15) is 0 Å². The van der Waals surface area contributed by atoms with E-state index in [4.69, 9.17) is 0 Å². The van der Waals surface area contributed by atoms with Gasteiger partial charge in [-0.25, -0.2) is 0 Å². The molecule has 0 amide bonds. The Morgan fingerprint density at radius 3 is 2.65 bits per heavy atom. The molecule has 0 aromatic heterocycles. The molecule has 1 aliphatic rings. The number of rotatable bonds is 0. The zero-order valence-corrected chi connectivity index (χ0v) is 12.3. The van der Waals surface area contributed by atoms with Crippen molar-refractivity contribution < 1.29 is 0 Å². The Bertz CT molecular complexity index is 651. The van der Waals surface area contributed by atoms with E-state index >= 15 is 0 Å². The Balaban J connectivity index is 2.24. The molecule has 0 bridgehead atoms. The van der Waals surface area contributed by atoms with Gasteiger partial charge in [0.15, 0.2) is 0 Å². The van der Waals surface area contributed by atoms with Gasteiger partial charge < -0.3 is 0 Å². The maximum atomic E-state index is 3.53. The Morgan fingerprint density at radius 2 is 1.76 bits per heavy atom. The van der Waals surface area contributed by atoms with Crippen LogP contribution in [0.4, 0.5) is 0 Å². The molecule has 3 rings (SSSR count). The fourth-order valence-electron chi connectivity index (χ4n) is 2.11. The molecule has 0 spiro atoms. The van der Waals surface area contributed by atoms with Crippen molar-refractivity contribution in [3.8, 4) is 0 Å². The van der Waals surface area contributed by atoms with Crippen LogP contribution in [0.25, 0.3) is 16.8 Å². The smallest absolute Gasteiger partial charge is 0.0181 e. The van der Waals surface area contributed by atoms with Crippen molar-refractivity contribution in [2.45, 2.75) is 6.42 Å². The van der Waals surface area contributed by atoms with Crippen molar-refractivity contribution in [2.75, 3.05) is 0 Å². The first-order chi connectivity index (χ1) is 8.22. The van der Waals surface area contributed by atoms with Gasteiger partial charge in [-0.1, -0.05) is 56.1 Å². The molecule has 0 unspecified atom stereocenters. The maximum Gasteiger partial charge on any atom is 0.0181 e. The topological polar surface area (TPSA) is 0 Å². The summed E-state index contributed by atoms with van der Waals surface area (Å²) in [5, 5.41) is 2.58. The van der Waals surface area contributed by atoms with Gasteiger partial charge in [0.05, 0.1) is 0 Å². The highest BCUT2D eigenvalue weighted by Crippen LogP contribution is 2.27. The lowest BCUT2D eigenvalue weighted by Crippen LogP contribution is -1.87. The largest absolute Gasteiger partial charge is 0.0658 e. The number of hydrogen-bond acceptors (Lipinski definition) is 0. The molecule has 0 atom stereocenters. The Hall–Kier alpha value is -0.860. The molecule has 0 radical (unpaired) electrons. The molecule has 2 aromatic carbocycles. The van der Waals surface area contributed by atoms with Crippen molar-refractivity contribution in [3.05, 3.63) is 62.6 Å². The third-order valence-electron chi connectivity index (χ3n) is 3.00. The van der Waals surface area contributed by atoms with Crippen LogP contribution in [0.5, 0.6) is 0 Å². The average molecular weight is 350 g/mol. The summed E-state index contributed by atoms with van der Waals surface area (Å²) < 4.78 is 2.28. The van der Waals surface area contributed by atoms with Crippen LogP contribution in [-0.4, -0.2) is 0 Å². The minimum absolute atomic E-state index is 0.981. The first-order valence-electron chi connectivity index (χ1n) is 5.48. The lowest BCUT2D eigenvalue weighted by Gasteiger charge is -2.06. The summed E-state index contributed by atoms with van der Waals surface area (Å²) in [5.74, 6) is 0. The van der Waals surface area contributed by atoms with E-state index in [2.05, 4.69) is 80.4 Å². The standard InChI is InChI=1S/C15H10Br2/c16-14-4-1-10-7-12-3-6-15(17)9-13(12)8-11(10)2-5-14/h2-9H,1H2. The van der Waals surface area contributed by atoms with Gasteiger partial charge in [0.25, 0.3) is 0 Å². The van der Waals surface area contributed by atoms with E-state index in [1.807, 2.05) is 0 Å². The highest BCUT2D eigenvalue weighted by molar-refractivity contribution is 9.12. The lowest BCUT2D eigenvalue weighted by atomic mass is 9.99. The Labute approximate surface area is 117 Å². The van der Waals surface area contributed by atoms with Gasteiger partial charge in [-0.15, -0.1) is 0 Å². The van der Waals surface area contributed by atoms with Crippen LogP contribution < -0.4 is 0 Å². The van der Waals surface area contributed by atoms with Crippen molar-refractivity contribution in [3.63, 3.8) is 0 Å². The third-order valence-corrected chi connectivity index (χ3v) is 4.08. The lowest BCUT2D eigenvalue weighted by molar-refractivity contribution is 1.28. The molecule has 1 aliphatic carbocycles. The van der Waals surface area contributed by atoms with E-state index in [-0.39, 0.29) is 0 Å². The molecule has 2 aromatic rings. The number of allylic oxidation sites excluding steroid dienone is 3. The van der Waals surface area contributed by atoms with Crippen LogP contribution in [0, 0.1) is 0 Å². The second-order valence-electron chi connectivity index (χ2n) is 4.17. The normalized spacial score (nSPS) is 14.4. The minimum atomic E-state index is 0.981. The number of halogens is 2. The molecule has 17 heavy (non-hydrogen) atoms. The van der Waals surface area contributed by atoms with Gasteiger partial charge in [-0.2, -0.15) is 0 Å². The van der Waals surface area contributed by atoms with E-state index in [1.54, 1.807) is 0 Å². The molecule has 0 fully saturated rings. The first-order valence-corrected chi connectivity index (χ1v) is 7.07. The second kappa shape index (κ2) is 4.43. The van der Waals surface area contributed by atoms with E-state index in [0.29, 0.717) is 0 Å². The summed E-state index contributed by atoms with van der Waals surface area (Å²) in [7, 11) is 0. The summed E-state index contributed by atoms with van der Waals surface area (Å²) in [4.78, 5) is 0. The predicted octanol–water partition coefficient (Wildman–Crippen LogP) is 5.45. The summed E-state index contributed by atoms with van der Waals surface area (Å²) in [5.41, 5.74) is 2.69. The quantitative estimate of drug-likeness (QED) is 0.593. The molecule has 84 valence electrons. The van der Waals surface area contributed by atoms with Gasteiger partial charge in [-0.3, -0.25) is 0 Å². The molecule has 0 saturated carbocycles. The first kappa shape index (κ1) is 11.2. The van der Waals surface area contributed by atoms with Gasteiger partial charge in [0.2, 0.25) is 0 Å². The van der Waals surface area contributed by atoms with Crippen LogP contribution in [0.3, 0.4) is 0 Å². The fraction of sp³-hybridized carbons (Fsp3) is 0.0667. The second-order valence-corrected chi connectivity index (χ2v) is 6.00. The van der Waals surface area contributed by atoms with E-state index in [1.165, 1.54) is 21.9 Å². The zero-order valence-electron chi connectivity index (χ0n) is 9.08. The summed E-state index contributed by atoms with van der Waals surface area (Å²) in [6, 6.07) is 11.0. The zero-order chi connectivity index (χ0) is 11.8. The summed E-state index contributed by atoms with van der Waals surface area (Å²) in [6.45, 7) is 0. The van der Waals surface area contributed by atoms with Crippen molar-refractivity contribution in [1.82, 2.24) is 0 Å². The number of fused-ring (bicyclic) bond motifs is 2. The van der Waals surface area contributed by atoms with Crippen molar-refractivity contribution >= 4 is 48.7 Å². The van der Waals surface area contributed by atoms with E-state index < -0.39 is 0 Å². The number of hydrogen-bond donors (Lipinski definition) is 0. The maximum absolute atomic E-state index is 3.53. The predicted molar refractivity (Wildman–Crippen MR) is 81.4 cm³/mol. The number of benzene rings is 2. The fourth-order valence-corrected chi connectivity index (χ4v) is 2.78. The van der Waals surface area contributed by atoms with Gasteiger partial charge in [0, 0.05) is 8.96 Å². The molecule has 0 N–H and O–H groups in total. The van der Waals surface area contributed by atoms with Crippen LogP contribution >= 0.6 is 31.9 Å². The van der Waals surface area contributed by atoms with Crippen molar-refractivity contribution in [2.24, 2.45) is 0 Å². The van der Waals surface area contributed by atoms with Crippen LogP contribution in [0.15, 0.2) is 51.4 Å². The molecule has 0 aliphatic heterocycles. The molecular formula is C15H10Br2. The highest BCUT2D eigenvalue weighted by Gasteiger charge is 2.05. The molecular weight excluding hydrogens is 340 g/mol. The highest BCUT2D eigenvalue weighted by atomic mass is 79.9. The Morgan fingerprint density at radius 1 is 0.882 bits per heavy atom. The molecule has 2 heteroatoms. The molecule has 0 heterocycles. The SMILES string of the molecule is BrC1=CCc2cc3ccc(Br)cc3cc2C=C1. The minimum Gasteiger partial charge on any atom is -0.0658 e. The van der Waals surface area contributed by atoms with Gasteiger partial charge >= 0.3 is 0 Å². The summed E-state index contributed by atoms with van der Waals surface area (Å²) >= 11 is 7.05. The monoisotopic (exact) mass is 348 g/mol.